The predicted octanol–water partition coefficient (Wildman–Crippen LogP) is -0.248. The van der Waals surface area contributed by atoms with Crippen LogP contribution in [0.5, 0.6) is 0 Å². The summed E-state index contributed by atoms with van der Waals surface area (Å²) in [5.74, 6) is -2.87. The maximum atomic E-state index is 11.0. The van der Waals surface area contributed by atoms with Crippen LogP contribution in [0.25, 0.3) is 0 Å². The van der Waals surface area contributed by atoms with Gasteiger partial charge in [0.25, 0.3) is 0 Å². The molecule has 104 valence electrons. The van der Waals surface area contributed by atoms with Crippen LogP contribution in [0.15, 0.2) is 0 Å². The van der Waals surface area contributed by atoms with Gasteiger partial charge in [-0.25, -0.2) is 10.2 Å². The molecule has 2 atom stereocenters. The number of aliphatic carboxylic acids is 1. The number of nitrogens with one attached hydrogen (secondary N) is 2. The molecule has 0 aromatic carbocycles. The molecule has 2 aliphatic rings. The molecule has 1 amide bonds. The maximum absolute atomic E-state index is 11.0. The fourth-order valence-corrected chi connectivity index (χ4v) is 2.16. The molecule has 0 bridgehead atoms. The third kappa shape index (κ3) is 3.10. The van der Waals surface area contributed by atoms with E-state index in [1.54, 1.807) is 0 Å². The number of alkyl halides is 3. The molecule has 2 fully saturated rings. The molecule has 1 aliphatic carbocycles. The number of primary amides is 1. The topological polar surface area (TPSA) is 104 Å². The van der Waals surface area contributed by atoms with Gasteiger partial charge in [-0.3, -0.25) is 10.2 Å². The second-order valence-electron chi connectivity index (χ2n) is 4.28. The van der Waals surface area contributed by atoms with E-state index in [0.717, 1.165) is 25.8 Å². The first-order valence-corrected chi connectivity index (χ1v) is 5.28. The molecule has 6 nitrogen and oxygen atoms in total. The largest absolute Gasteiger partial charge is 0.490 e. The Labute approximate surface area is 101 Å². The first kappa shape index (κ1) is 14.7. The van der Waals surface area contributed by atoms with Crippen LogP contribution < -0.4 is 16.6 Å². The number of nitrogens with two attached hydrogens (primary N) is 1. The molecule has 2 rings (SSSR count). The normalized spacial score (nSPS) is 30.3. The van der Waals surface area contributed by atoms with Crippen molar-refractivity contribution in [1.82, 2.24) is 10.9 Å². The van der Waals surface area contributed by atoms with Crippen molar-refractivity contribution in [3.63, 3.8) is 0 Å². The molecule has 1 spiro atoms. The van der Waals surface area contributed by atoms with Gasteiger partial charge in [-0.1, -0.05) is 6.42 Å². The van der Waals surface area contributed by atoms with Crippen LogP contribution in [0.3, 0.4) is 0 Å². The highest BCUT2D eigenvalue weighted by atomic mass is 19.4. The van der Waals surface area contributed by atoms with E-state index in [9.17, 15) is 18.0 Å². The molecule has 1 aliphatic heterocycles. The molecule has 1 saturated carbocycles. The van der Waals surface area contributed by atoms with Gasteiger partial charge in [-0.15, -0.1) is 0 Å². The summed E-state index contributed by atoms with van der Waals surface area (Å²) in [5, 5.41) is 7.12. The van der Waals surface area contributed by atoms with Crippen molar-refractivity contribution >= 4 is 11.9 Å². The molecule has 0 radical (unpaired) electrons. The zero-order valence-electron chi connectivity index (χ0n) is 9.38. The third-order valence-corrected chi connectivity index (χ3v) is 3.11. The SMILES string of the molecule is NC(=O)C1CCCC12CNN2.O=C(O)C(F)(F)F. The Balaban J connectivity index is 0.000000203. The standard InChI is InChI=1S/C7H13N3O.C2HF3O2/c8-6(11)5-2-1-3-7(5)4-9-10-7;3-2(4,5)1(6)7/h5,9-10H,1-4H2,(H2,8,11);(H,6,7). The van der Waals surface area contributed by atoms with E-state index in [1.165, 1.54) is 0 Å². The van der Waals surface area contributed by atoms with Crippen molar-refractivity contribution in [3.05, 3.63) is 0 Å². The van der Waals surface area contributed by atoms with E-state index in [1.807, 2.05) is 0 Å². The predicted molar refractivity (Wildman–Crippen MR) is 54.1 cm³/mol. The van der Waals surface area contributed by atoms with Gasteiger partial charge in [-0.05, 0) is 12.8 Å². The molecule has 18 heavy (non-hydrogen) atoms. The van der Waals surface area contributed by atoms with Gasteiger partial charge in [0, 0.05) is 6.54 Å². The number of carboxylic acids is 1. The van der Waals surface area contributed by atoms with E-state index in [-0.39, 0.29) is 17.4 Å². The van der Waals surface area contributed by atoms with E-state index < -0.39 is 12.1 Å². The number of halogens is 3. The first-order valence-electron chi connectivity index (χ1n) is 5.28. The summed E-state index contributed by atoms with van der Waals surface area (Å²) in [6.45, 7) is 0.889. The van der Waals surface area contributed by atoms with Gasteiger partial charge in [0.1, 0.15) is 0 Å². The Hall–Kier alpha value is -1.35. The first-order chi connectivity index (χ1) is 8.19. The van der Waals surface area contributed by atoms with Gasteiger partial charge in [0.05, 0.1) is 11.5 Å². The molecule has 5 N–H and O–H groups in total. The number of carbonyl (C=O) groups is 2. The van der Waals surface area contributed by atoms with Crippen molar-refractivity contribution in [2.75, 3.05) is 6.54 Å². The Morgan fingerprint density at radius 1 is 1.39 bits per heavy atom. The van der Waals surface area contributed by atoms with E-state index >= 15 is 0 Å². The van der Waals surface area contributed by atoms with E-state index in [4.69, 9.17) is 15.6 Å². The molecular formula is C9H14F3N3O3. The third-order valence-electron chi connectivity index (χ3n) is 3.11. The van der Waals surface area contributed by atoms with Gasteiger partial charge < -0.3 is 10.8 Å². The number of carboxylic acid groups (broad SMARTS) is 1. The van der Waals surface area contributed by atoms with Gasteiger partial charge in [0.15, 0.2) is 0 Å². The van der Waals surface area contributed by atoms with Crippen LogP contribution in [0.1, 0.15) is 19.3 Å². The zero-order chi connectivity index (χ0) is 14.0. The van der Waals surface area contributed by atoms with Crippen molar-refractivity contribution in [1.29, 1.82) is 0 Å². The fraction of sp³-hybridized carbons (Fsp3) is 0.778. The van der Waals surface area contributed by atoms with Crippen LogP contribution >= 0.6 is 0 Å². The molecule has 1 heterocycles. The minimum Gasteiger partial charge on any atom is -0.475 e. The number of hydrogen-bond donors (Lipinski definition) is 4. The summed E-state index contributed by atoms with van der Waals surface area (Å²) in [4.78, 5) is 19.9. The van der Waals surface area contributed by atoms with Crippen molar-refractivity contribution in [2.45, 2.75) is 31.0 Å². The molecular weight excluding hydrogens is 255 g/mol. The van der Waals surface area contributed by atoms with Crippen LogP contribution in [-0.4, -0.2) is 35.2 Å². The summed E-state index contributed by atoms with van der Waals surface area (Å²) in [6.07, 6.45) is -1.94. The lowest BCUT2D eigenvalue weighted by atomic mass is 9.84. The zero-order valence-corrected chi connectivity index (χ0v) is 9.38. The van der Waals surface area contributed by atoms with E-state index in [0.29, 0.717) is 0 Å². The van der Waals surface area contributed by atoms with Crippen molar-refractivity contribution < 1.29 is 27.9 Å². The molecule has 1 saturated heterocycles. The molecule has 9 heteroatoms. The minimum absolute atomic E-state index is 0.0197. The number of rotatable bonds is 1. The Morgan fingerprint density at radius 3 is 2.11 bits per heavy atom. The summed E-state index contributed by atoms with van der Waals surface area (Å²) < 4.78 is 31.7. The second kappa shape index (κ2) is 5.11. The highest BCUT2D eigenvalue weighted by Gasteiger charge is 2.49. The second-order valence-corrected chi connectivity index (χ2v) is 4.28. The van der Waals surface area contributed by atoms with Gasteiger partial charge >= 0.3 is 12.1 Å². The number of carbonyl (C=O) groups excluding carboxylic acids is 1. The van der Waals surface area contributed by atoms with E-state index in [2.05, 4.69) is 10.9 Å². The average Bonchev–Trinajstić information content (AvgIpc) is 2.60. The van der Waals surface area contributed by atoms with Crippen LogP contribution in [0.2, 0.25) is 0 Å². The lowest BCUT2D eigenvalue weighted by Crippen LogP contribution is -2.73. The Bertz CT molecular complexity index is 342. The fourth-order valence-electron chi connectivity index (χ4n) is 2.16. The van der Waals surface area contributed by atoms with Crippen LogP contribution in [0.4, 0.5) is 13.2 Å². The molecule has 2 unspecified atom stereocenters. The number of hydrazine groups is 1. The highest BCUT2D eigenvalue weighted by molar-refractivity contribution is 5.78. The lowest BCUT2D eigenvalue weighted by Gasteiger charge is -2.44. The van der Waals surface area contributed by atoms with Gasteiger partial charge in [-0.2, -0.15) is 13.2 Å². The Morgan fingerprint density at radius 2 is 1.89 bits per heavy atom. The summed E-state index contributed by atoms with van der Waals surface area (Å²) in [7, 11) is 0. The Kier molecular flexibility index (Phi) is 4.17. The molecule has 0 aromatic rings. The van der Waals surface area contributed by atoms with Crippen molar-refractivity contribution in [3.8, 4) is 0 Å². The lowest BCUT2D eigenvalue weighted by molar-refractivity contribution is -0.192. The minimum atomic E-state index is -5.08. The summed E-state index contributed by atoms with van der Waals surface area (Å²) in [5.41, 5.74) is 11.4. The average molecular weight is 269 g/mol. The quantitative estimate of drug-likeness (QED) is 0.525. The maximum Gasteiger partial charge on any atom is 0.490 e. The summed E-state index contributed by atoms with van der Waals surface area (Å²) >= 11 is 0. The van der Waals surface area contributed by atoms with Crippen LogP contribution in [0, 0.1) is 5.92 Å². The van der Waals surface area contributed by atoms with Crippen molar-refractivity contribution in [2.24, 2.45) is 11.7 Å². The highest BCUT2D eigenvalue weighted by Crippen LogP contribution is 2.37. The summed E-state index contributed by atoms with van der Waals surface area (Å²) in [6, 6.07) is 0. The number of amides is 1. The van der Waals surface area contributed by atoms with Crippen LogP contribution in [-0.2, 0) is 9.59 Å². The smallest absolute Gasteiger partial charge is 0.475 e. The number of hydrogen-bond acceptors (Lipinski definition) is 4. The molecule has 0 aromatic heterocycles. The van der Waals surface area contributed by atoms with Gasteiger partial charge in [0.2, 0.25) is 5.91 Å². The monoisotopic (exact) mass is 269 g/mol.